The highest BCUT2D eigenvalue weighted by Gasteiger charge is 2.48. The van der Waals surface area contributed by atoms with Crippen molar-refractivity contribution < 1.29 is 13.9 Å². The largest absolute Gasteiger partial charge is 0.497 e. The molecule has 3 aliphatic rings. The van der Waals surface area contributed by atoms with Gasteiger partial charge in [-0.05, 0) is 86.7 Å². The normalized spacial score (nSPS) is 28.4. The standard InChI is InChI=1S/C27H34N2O3/c1-31-25-4-2-3-22(15-25)27-12-13-29(17-20-5-6-20)18-23(27)8-9-24(16-27)28-26(30)10-7-21-11-14-32-19-21/h2-4,7,10-11,14-15,19-20,23-24H,5-6,8-9,12-13,16-18H2,1H3,(H,28,30)/b10-7+/t23-,24-,27+/m1/s1. The molecular weight excluding hydrogens is 400 g/mol. The summed E-state index contributed by atoms with van der Waals surface area (Å²) in [5.74, 6) is 2.44. The Labute approximate surface area is 190 Å². The Hall–Kier alpha value is -2.53. The van der Waals surface area contributed by atoms with Crippen molar-refractivity contribution in [3.63, 3.8) is 0 Å². The van der Waals surface area contributed by atoms with Crippen LogP contribution in [0.4, 0.5) is 0 Å². The van der Waals surface area contributed by atoms with Gasteiger partial charge >= 0.3 is 0 Å². The molecule has 5 rings (SSSR count). The molecule has 5 heteroatoms. The van der Waals surface area contributed by atoms with Gasteiger partial charge in [0.15, 0.2) is 0 Å². The zero-order valence-corrected chi connectivity index (χ0v) is 19.0. The third kappa shape index (κ3) is 4.63. The molecule has 1 saturated heterocycles. The van der Waals surface area contributed by atoms with E-state index in [1.165, 1.54) is 31.5 Å². The number of hydrogen-bond acceptors (Lipinski definition) is 4. The predicted octanol–water partition coefficient (Wildman–Crippen LogP) is 4.64. The first kappa shape index (κ1) is 21.3. The molecule has 5 nitrogen and oxygen atoms in total. The Kier molecular flexibility index (Phi) is 6.09. The second-order valence-electron chi connectivity index (χ2n) is 9.91. The summed E-state index contributed by atoms with van der Waals surface area (Å²) in [6, 6.07) is 10.7. The van der Waals surface area contributed by atoms with E-state index in [1.54, 1.807) is 31.8 Å². The zero-order valence-electron chi connectivity index (χ0n) is 19.0. The van der Waals surface area contributed by atoms with Crippen LogP contribution in [0.2, 0.25) is 0 Å². The molecule has 0 bridgehead atoms. The number of carbonyl (C=O) groups is 1. The number of hydrogen-bond donors (Lipinski definition) is 1. The Morgan fingerprint density at radius 2 is 2.19 bits per heavy atom. The minimum Gasteiger partial charge on any atom is -0.497 e. The molecule has 3 fully saturated rings. The number of nitrogens with zero attached hydrogens (tertiary/aromatic N) is 1. The first-order valence-electron chi connectivity index (χ1n) is 12.0. The van der Waals surface area contributed by atoms with Crippen molar-refractivity contribution in [1.29, 1.82) is 0 Å². The van der Waals surface area contributed by atoms with Crippen LogP contribution in [0.1, 0.15) is 49.7 Å². The van der Waals surface area contributed by atoms with Crippen LogP contribution < -0.4 is 10.1 Å². The van der Waals surface area contributed by atoms with Crippen LogP contribution in [0.5, 0.6) is 5.75 Å². The fraction of sp³-hybridized carbons (Fsp3) is 0.519. The molecule has 1 aliphatic heterocycles. The van der Waals surface area contributed by atoms with Gasteiger partial charge in [0, 0.05) is 36.2 Å². The summed E-state index contributed by atoms with van der Waals surface area (Å²) < 4.78 is 10.6. The minimum atomic E-state index is -0.0263. The number of benzene rings is 1. The lowest BCUT2D eigenvalue weighted by Gasteiger charge is -2.53. The van der Waals surface area contributed by atoms with Gasteiger partial charge in [-0.25, -0.2) is 0 Å². The summed E-state index contributed by atoms with van der Waals surface area (Å²) in [5.41, 5.74) is 2.37. The van der Waals surface area contributed by atoms with Crippen LogP contribution in [0.15, 0.2) is 53.4 Å². The second kappa shape index (κ2) is 9.14. The quantitative estimate of drug-likeness (QED) is 0.645. The van der Waals surface area contributed by atoms with E-state index in [0.29, 0.717) is 5.92 Å². The first-order chi connectivity index (χ1) is 15.6. The van der Waals surface area contributed by atoms with E-state index in [2.05, 4.69) is 28.4 Å². The molecule has 0 radical (unpaired) electrons. The molecule has 170 valence electrons. The van der Waals surface area contributed by atoms with Crippen molar-refractivity contribution in [2.24, 2.45) is 11.8 Å². The highest BCUT2D eigenvalue weighted by atomic mass is 16.5. The van der Waals surface area contributed by atoms with Gasteiger partial charge < -0.3 is 19.4 Å². The first-order valence-corrected chi connectivity index (χ1v) is 12.0. The van der Waals surface area contributed by atoms with E-state index in [4.69, 9.17) is 9.15 Å². The van der Waals surface area contributed by atoms with Crippen molar-refractivity contribution in [2.75, 3.05) is 26.7 Å². The lowest BCUT2D eigenvalue weighted by molar-refractivity contribution is -0.117. The number of methoxy groups -OCH3 is 1. The van der Waals surface area contributed by atoms with Gasteiger partial charge in [-0.3, -0.25) is 4.79 Å². The van der Waals surface area contributed by atoms with E-state index >= 15 is 0 Å². The number of rotatable bonds is 7. The molecule has 0 spiro atoms. The molecule has 32 heavy (non-hydrogen) atoms. The van der Waals surface area contributed by atoms with Gasteiger partial charge in [0.25, 0.3) is 0 Å². The number of piperidine rings is 1. The van der Waals surface area contributed by atoms with Crippen molar-refractivity contribution in [2.45, 2.75) is 50.0 Å². The van der Waals surface area contributed by atoms with Crippen molar-refractivity contribution in [3.05, 3.63) is 60.1 Å². The third-order valence-electron chi connectivity index (χ3n) is 7.78. The summed E-state index contributed by atoms with van der Waals surface area (Å²) >= 11 is 0. The van der Waals surface area contributed by atoms with Gasteiger partial charge in [-0.15, -0.1) is 0 Å². The van der Waals surface area contributed by atoms with Crippen LogP contribution in [0, 0.1) is 11.8 Å². The maximum absolute atomic E-state index is 12.6. The topological polar surface area (TPSA) is 54.7 Å². The van der Waals surface area contributed by atoms with Crippen LogP contribution in [0.3, 0.4) is 0 Å². The number of fused-ring (bicyclic) bond motifs is 1. The molecule has 0 unspecified atom stereocenters. The number of likely N-dealkylation sites (tertiary alicyclic amines) is 1. The highest BCUT2D eigenvalue weighted by molar-refractivity contribution is 5.91. The average Bonchev–Trinajstić information content (AvgIpc) is 3.47. The number of nitrogens with one attached hydrogen (secondary N) is 1. The molecule has 2 aromatic rings. The molecule has 3 atom stereocenters. The maximum Gasteiger partial charge on any atom is 0.244 e. The van der Waals surface area contributed by atoms with Crippen LogP contribution in [-0.2, 0) is 10.2 Å². The lowest BCUT2D eigenvalue weighted by Crippen LogP contribution is -2.56. The Morgan fingerprint density at radius 3 is 2.97 bits per heavy atom. The predicted molar refractivity (Wildman–Crippen MR) is 125 cm³/mol. The Balaban J connectivity index is 1.33. The van der Waals surface area contributed by atoms with Crippen LogP contribution in [0.25, 0.3) is 6.08 Å². The monoisotopic (exact) mass is 434 g/mol. The SMILES string of the molecule is COc1cccc([C@@]23CCN(CC4CC4)C[C@H]2CC[C@@H](NC(=O)/C=C/c2ccoc2)C3)c1. The summed E-state index contributed by atoms with van der Waals surface area (Å²) in [7, 11) is 1.74. The molecule has 1 amide bonds. The number of furan rings is 1. The number of ether oxygens (including phenoxy) is 1. The lowest BCUT2D eigenvalue weighted by atomic mass is 9.58. The second-order valence-corrected chi connectivity index (χ2v) is 9.91. The molecule has 2 aliphatic carbocycles. The minimum absolute atomic E-state index is 0.0263. The van der Waals surface area contributed by atoms with E-state index in [-0.39, 0.29) is 17.4 Å². The van der Waals surface area contributed by atoms with Crippen LogP contribution in [-0.4, -0.2) is 43.6 Å². The van der Waals surface area contributed by atoms with Gasteiger partial charge in [0.05, 0.1) is 19.6 Å². The van der Waals surface area contributed by atoms with Crippen molar-refractivity contribution >= 4 is 12.0 Å². The molecule has 1 aromatic heterocycles. The Bertz CT molecular complexity index is 950. The smallest absolute Gasteiger partial charge is 0.244 e. The molecular formula is C27H34N2O3. The number of carbonyl (C=O) groups excluding carboxylic acids is 1. The molecule has 2 heterocycles. The molecule has 1 aromatic carbocycles. The maximum atomic E-state index is 12.6. The molecule has 2 saturated carbocycles. The highest BCUT2D eigenvalue weighted by Crippen LogP contribution is 2.50. The fourth-order valence-electron chi connectivity index (χ4n) is 5.90. The average molecular weight is 435 g/mol. The summed E-state index contributed by atoms with van der Waals surface area (Å²) in [6.45, 7) is 3.59. The van der Waals surface area contributed by atoms with Crippen molar-refractivity contribution in [1.82, 2.24) is 10.2 Å². The van der Waals surface area contributed by atoms with Crippen molar-refractivity contribution in [3.8, 4) is 5.75 Å². The fourth-order valence-corrected chi connectivity index (χ4v) is 5.90. The summed E-state index contributed by atoms with van der Waals surface area (Å²) in [6.07, 6.45) is 13.8. The van der Waals surface area contributed by atoms with E-state index in [1.807, 2.05) is 12.1 Å². The van der Waals surface area contributed by atoms with Gasteiger partial charge in [0.1, 0.15) is 5.75 Å². The summed E-state index contributed by atoms with van der Waals surface area (Å²) in [5, 5.41) is 3.29. The van der Waals surface area contributed by atoms with Gasteiger partial charge in [-0.2, -0.15) is 0 Å². The molecule has 1 N–H and O–H groups in total. The zero-order chi connectivity index (χ0) is 22.0. The van der Waals surface area contributed by atoms with Gasteiger partial charge in [0.2, 0.25) is 5.91 Å². The number of amides is 1. The Morgan fingerprint density at radius 1 is 1.28 bits per heavy atom. The van der Waals surface area contributed by atoms with Crippen LogP contribution >= 0.6 is 0 Å². The van der Waals surface area contributed by atoms with E-state index in [0.717, 1.165) is 49.5 Å². The van der Waals surface area contributed by atoms with E-state index in [9.17, 15) is 4.79 Å². The summed E-state index contributed by atoms with van der Waals surface area (Å²) in [4.78, 5) is 15.3. The van der Waals surface area contributed by atoms with Gasteiger partial charge in [-0.1, -0.05) is 12.1 Å². The third-order valence-corrected chi connectivity index (χ3v) is 7.78. The van der Waals surface area contributed by atoms with E-state index < -0.39 is 0 Å².